The number of aliphatic imine (C=N–C) groups is 1. The van der Waals surface area contributed by atoms with E-state index in [2.05, 4.69) is 10.3 Å². The maximum atomic E-state index is 5.00. The highest BCUT2D eigenvalue weighted by atomic mass is 14.9. The van der Waals surface area contributed by atoms with Crippen LogP contribution in [0.25, 0.3) is 0 Å². The Morgan fingerprint density at radius 2 is 2.18 bits per heavy atom. The second-order valence-corrected chi connectivity index (χ2v) is 1.82. The normalized spacial score (nSPS) is 12.7. The molecule has 1 rings (SSSR count). The summed E-state index contributed by atoms with van der Waals surface area (Å²) in [6.45, 7) is 0.826. The molecule has 11 heavy (non-hydrogen) atoms. The maximum absolute atomic E-state index is 5.00. The first-order valence-corrected chi connectivity index (χ1v) is 3.53. The summed E-state index contributed by atoms with van der Waals surface area (Å²) in [5.41, 5.74) is 0. The van der Waals surface area contributed by atoms with Crippen LogP contribution in [0.1, 0.15) is 0 Å². The van der Waals surface area contributed by atoms with Crippen LogP contribution in [0.5, 0.6) is 0 Å². The molecule has 0 amide bonds. The van der Waals surface area contributed by atoms with E-state index in [-0.39, 0.29) is 0 Å². The molecule has 5 radical (unpaired) electrons. The summed E-state index contributed by atoms with van der Waals surface area (Å²) in [5, 5.41) is 2.81. The van der Waals surface area contributed by atoms with E-state index in [1.165, 1.54) is 0 Å². The Kier molecular flexibility index (Phi) is 8.90. The lowest BCUT2D eigenvalue weighted by Crippen LogP contribution is -2.04. The van der Waals surface area contributed by atoms with Gasteiger partial charge in [0, 0.05) is 0 Å². The van der Waals surface area contributed by atoms with E-state index < -0.39 is 0 Å². The van der Waals surface area contributed by atoms with Crippen molar-refractivity contribution in [3.05, 3.63) is 12.3 Å². The molecule has 53 valence electrons. The van der Waals surface area contributed by atoms with E-state index in [9.17, 15) is 0 Å². The Balaban J connectivity index is 0.000000187. The minimum Gasteiger partial charge on any atom is -0.353 e. The second kappa shape index (κ2) is 9.40. The van der Waals surface area contributed by atoms with Gasteiger partial charge in [0.25, 0.3) is 0 Å². The minimum absolute atomic E-state index is 0.594. The molecule has 5 heteroatoms. The molecule has 0 saturated heterocycles. The third-order valence-corrected chi connectivity index (χ3v) is 0.924. The monoisotopic (exact) mass is 143 g/mol. The average molecular weight is 143 g/mol. The van der Waals surface area contributed by atoms with E-state index in [0.717, 1.165) is 6.54 Å². The lowest BCUT2D eigenvalue weighted by atomic mass is 9.58. The molecule has 1 N–H and O–H groups in total. The van der Waals surface area contributed by atoms with Crippen molar-refractivity contribution in [1.82, 2.24) is 5.32 Å². The quantitative estimate of drug-likeness (QED) is 0.536. The van der Waals surface area contributed by atoms with Gasteiger partial charge in [0.2, 0.25) is 0 Å². The van der Waals surface area contributed by atoms with Crippen molar-refractivity contribution in [3.63, 3.8) is 0 Å². The molecular formula is C6H10B3N2. The summed E-state index contributed by atoms with van der Waals surface area (Å²) in [6, 6.07) is 0. The van der Waals surface area contributed by atoms with Gasteiger partial charge in [-0.25, -0.2) is 0 Å². The predicted octanol–water partition coefficient (Wildman–Crippen LogP) is -0.0892. The molecule has 0 atom stereocenters. The van der Waals surface area contributed by atoms with Gasteiger partial charge in [-0.15, -0.1) is 12.4 Å². The molecule has 1 heterocycles. The van der Waals surface area contributed by atoms with Gasteiger partial charge >= 0.3 is 0 Å². The Morgan fingerprint density at radius 3 is 2.27 bits per heavy atom. The topological polar surface area (TPSA) is 24.4 Å². The molecule has 0 aromatic carbocycles. The van der Waals surface area contributed by atoms with Crippen LogP contribution in [0.4, 0.5) is 0 Å². The number of rotatable bonds is 2. The standard InChI is InChI=1S/C4H6N2.C2H4B3/c1-2-5-4-6-3-1;3-1-5-2-4/h1-2,4H,3H2,(H,5,6);1-2H2. The highest BCUT2D eigenvalue weighted by Crippen LogP contribution is 1.74. The van der Waals surface area contributed by atoms with E-state index in [0.29, 0.717) is 12.4 Å². The molecule has 1 aliphatic heterocycles. The van der Waals surface area contributed by atoms with Crippen molar-refractivity contribution in [2.75, 3.05) is 6.54 Å². The molecule has 0 aliphatic carbocycles. The van der Waals surface area contributed by atoms with Gasteiger partial charge in [-0.1, -0.05) is 0 Å². The Bertz CT molecular complexity index is 103. The first-order valence-electron chi connectivity index (χ1n) is 3.53. The lowest BCUT2D eigenvalue weighted by molar-refractivity contribution is 1.14. The van der Waals surface area contributed by atoms with Gasteiger partial charge in [0.15, 0.2) is 0 Å². The summed E-state index contributed by atoms with van der Waals surface area (Å²) < 4.78 is 0. The van der Waals surface area contributed by atoms with Crippen molar-refractivity contribution in [3.8, 4) is 0 Å². The molecule has 0 fully saturated rings. The van der Waals surface area contributed by atoms with E-state index in [1.807, 2.05) is 12.3 Å². The fraction of sp³-hybridized carbons (Fsp3) is 0.500. The zero-order valence-electron chi connectivity index (χ0n) is 6.53. The maximum Gasteiger partial charge on any atom is 0.0901 e. The van der Waals surface area contributed by atoms with Gasteiger partial charge in [0.05, 0.1) is 35.9 Å². The SMILES string of the molecule is C1=CNC=NC1.[B]C[B]C[B]. The molecule has 0 aromatic heterocycles. The summed E-state index contributed by atoms with van der Waals surface area (Å²) in [7, 11) is 11.8. The van der Waals surface area contributed by atoms with Crippen molar-refractivity contribution >= 4 is 29.3 Å². The van der Waals surface area contributed by atoms with Gasteiger partial charge in [-0.3, -0.25) is 4.99 Å². The third kappa shape index (κ3) is 9.40. The molecule has 1 aliphatic rings. The van der Waals surface area contributed by atoms with Crippen LogP contribution in [0, 0.1) is 0 Å². The van der Waals surface area contributed by atoms with E-state index in [4.69, 9.17) is 15.7 Å². The molecule has 0 unspecified atom stereocenters. The van der Waals surface area contributed by atoms with Gasteiger partial charge in [-0.05, 0) is 12.3 Å². The van der Waals surface area contributed by atoms with Crippen molar-refractivity contribution in [2.45, 2.75) is 12.4 Å². The van der Waals surface area contributed by atoms with Crippen LogP contribution in [-0.2, 0) is 0 Å². The summed E-state index contributed by atoms with van der Waals surface area (Å²) >= 11 is 0. The highest BCUT2D eigenvalue weighted by molar-refractivity contribution is 6.54. The van der Waals surface area contributed by atoms with Crippen LogP contribution in [-0.4, -0.2) is 35.9 Å². The fourth-order valence-electron chi connectivity index (χ4n) is 0.426. The minimum atomic E-state index is 0.594. The van der Waals surface area contributed by atoms with Crippen LogP contribution in [0.2, 0.25) is 12.4 Å². The Morgan fingerprint density at radius 1 is 1.45 bits per heavy atom. The first kappa shape index (κ1) is 10.4. The van der Waals surface area contributed by atoms with Crippen molar-refractivity contribution in [1.29, 1.82) is 0 Å². The third-order valence-electron chi connectivity index (χ3n) is 0.924. The zero-order chi connectivity index (χ0) is 8.36. The van der Waals surface area contributed by atoms with Crippen LogP contribution in [0.15, 0.2) is 17.3 Å². The summed E-state index contributed by atoms with van der Waals surface area (Å²) in [6.07, 6.45) is 6.69. The molecule has 2 nitrogen and oxygen atoms in total. The number of hydrogen-bond acceptors (Lipinski definition) is 2. The van der Waals surface area contributed by atoms with Gasteiger partial charge < -0.3 is 5.32 Å². The summed E-state index contributed by atoms with van der Waals surface area (Å²) in [5.74, 6) is 0. The van der Waals surface area contributed by atoms with Crippen LogP contribution >= 0.6 is 0 Å². The van der Waals surface area contributed by atoms with Crippen LogP contribution < -0.4 is 5.32 Å². The predicted molar refractivity (Wildman–Crippen MR) is 52.5 cm³/mol. The smallest absolute Gasteiger partial charge is 0.0901 e. The largest absolute Gasteiger partial charge is 0.353 e. The summed E-state index contributed by atoms with van der Waals surface area (Å²) in [4.78, 5) is 3.85. The molecule has 0 aromatic rings. The fourth-order valence-corrected chi connectivity index (χ4v) is 0.426. The average Bonchev–Trinajstić information content (AvgIpc) is 2.10. The lowest BCUT2D eigenvalue weighted by Gasteiger charge is -1.91. The molecule has 0 bridgehead atoms. The van der Waals surface area contributed by atoms with Gasteiger partial charge in [0.1, 0.15) is 0 Å². The molecule has 0 spiro atoms. The number of hydrogen-bond donors (Lipinski definition) is 1. The number of nitrogens with zero attached hydrogens (tertiary/aromatic N) is 1. The highest BCUT2D eigenvalue weighted by Gasteiger charge is 1.74. The van der Waals surface area contributed by atoms with E-state index in [1.54, 1.807) is 13.6 Å². The van der Waals surface area contributed by atoms with Crippen molar-refractivity contribution in [2.24, 2.45) is 4.99 Å². The number of nitrogens with one attached hydrogen (secondary N) is 1. The first-order chi connectivity index (χ1) is 5.41. The van der Waals surface area contributed by atoms with Crippen LogP contribution in [0.3, 0.4) is 0 Å². The van der Waals surface area contributed by atoms with E-state index >= 15 is 0 Å². The molecule has 0 saturated carbocycles. The Labute approximate surface area is 71.6 Å². The second-order valence-electron chi connectivity index (χ2n) is 1.82. The Hall–Kier alpha value is -0.595. The zero-order valence-corrected chi connectivity index (χ0v) is 6.53. The van der Waals surface area contributed by atoms with Crippen molar-refractivity contribution < 1.29 is 0 Å². The molecular weight excluding hydrogens is 133 g/mol. The van der Waals surface area contributed by atoms with Gasteiger partial charge in [-0.2, -0.15) is 0 Å².